The summed E-state index contributed by atoms with van der Waals surface area (Å²) in [5.41, 5.74) is 2.76. The molecule has 4 heteroatoms. The minimum Gasteiger partial charge on any atom is -0.371 e. The summed E-state index contributed by atoms with van der Waals surface area (Å²) in [4.78, 5) is 2.51. The average molecular weight is 339 g/mol. The van der Waals surface area contributed by atoms with Crippen molar-refractivity contribution in [3.05, 3.63) is 28.2 Å². The third kappa shape index (κ3) is 3.18. The van der Waals surface area contributed by atoms with Gasteiger partial charge in [0.25, 0.3) is 0 Å². The topological polar surface area (TPSA) is 24.5 Å². The fourth-order valence-electron chi connectivity index (χ4n) is 3.19. The molecule has 2 saturated heterocycles. The van der Waals surface area contributed by atoms with Gasteiger partial charge in [0.1, 0.15) is 0 Å². The van der Waals surface area contributed by atoms with E-state index < -0.39 is 0 Å². The molecule has 0 aliphatic carbocycles. The van der Waals surface area contributed by atoms with Crippen LogP contribution in [0.5, 0.6) is 0 Å². The number of anilines is 1. The number of morpholine rings is 1. The normalized spacial score (nSPS) is 25.2. The molecule has 2 heterocycles. The second kappa shape index (κ2) is 6.46. The minimum atomic E-state index is 0.434. The summed E-state index contributed by atoms with van der Waals surface area (Å²) >= 11 is 3.61. The van der Waals surface area contributed by atoms with E-state index in [0.717, 1.165) is 30.7 Å². The SMILES string of the molecule is CCCNCc1ccc(Br)cc1N1CC2CCC(C1)O2. The Hall–Kier alpha value is -0.580. The molecule has 2 aliphatic rings. The van der Waals surface area contributed by atoms with Crippen LogP contribution in [-0.2, 0) is 11.3 Å². The molecule has 3 nitrogen and oxygen atoms in total. The molecule has 3 rings (SSSR count). The molecule has 2 aliphatic heterocycles. The highest BCUT2D eigenvalue weighted by atomic mass is 79.9. The molecular weight excluding hydrogens is 316 g/mol. The molecule has 1 aromatic carbocycles. The maximum Gasteiger partial charge on any atom is 0.0755 e. The smallest absolute Gasteiger partial charge is 0.0755 e. The monoisotopic (exact) mass is 338 g/mol. The number of benzene rings is 1. The summed E-state index contributed by atoms with van der Waals surface area (Å²) in [7, 11) is 0. The van der Waals surface area contributed by atoms with Crippen molar-refractivity contribution >= 4 is 21.6 Å². The third-order valence-corrected chi connectivity index (χ3v) is 4.67. The van der Waals surface area contributed by atoms with Gasteiger partial charge >= 0.3 is 0 Å². The Balaban J connectivity index is 1.78. The number of nitrogens with one attached hydrogen (secondary N) is 1. The maximum atomic E-state index is 5.95. The molecule has 110 valence electrons. The van der Waals surface area contributed by atoms with Gasteiger partial charge in [-0.2, -0.15) is 0 Å². The zero-order chi connectivity index (χ0) is 13.9. The first-order valence-electron chi connectivity index (χ1n) is 7.66. The standard InChI is InChI=1S/C16H23BrN2O/c1-2-7-18-9-12-3-4-13(17)8-16(12)19-10-14-5-6-15(11-19)20-14/h3-4,8,14-15,18H,2,5-7,9-11H2,1H3. The van der Waals surface area contributed by atoms with E-state index in [1.807, 2.05) is 0 Å². The highest BCUT2D eigenvalue weighted by Crippen LogP contribution is 2.32. The van der Waals surface area contributed by atoms with E-state index in [1.54, 1.807) is 0 Å². The first kappa shape index (κ1) is 14.4. The van der Waals surface area contributed by atoms with Crippen LogP contribution >= 0.6 is 15.9 Å². The fraction of sp³-hybridized carbons (Fsp3) is 0.625. The van der Waals surface area contributed by atoms with Crippen LogP contribution in [0.15, 0.2) is 22.7 Å². The predicted molar refractivity (Wildman–Crippen MR) is 86.2 cm³/mol. The zero-order valence-electron chi connectivity index (χ0n) is 12.1. The highest BCUT2D eigenvalue weighted by Gasteiger charge is 2.34. The van der Waals surface area contributed by atoms with Crippen molar-refractivity contribution in [2.45, 2.75) is 44.9 Å². The Kier molecular flexibility index (Phi) is 4.64. The molecule has 2 bridgehead atoms. The summed E-state index contributed by atoms with van der Waals surface area (Å²) in [5.74, 6) is 0. The van der Waals surface area contributed by atoms with E-state index in [9.17, 15) is 0 Å². The Bertz CT molecular complexity index is 454. The van der Waals surface area contributed by atoms with Crippen molar-refractivity contribution in [3.63, 3.8) is 0 Å². The summed E-state index contributed by atoms with van der Waals surface area (Å²) in [6, 6.07) is 6.63. The van der Waals surface area contributed by atoms with Gasteiger partial charge in [-0.3, -0.25) is 0 Å². The lowest BCUT2D eigenvalue weighted by molar-refractivity contribution is 0.0304. The summed E-state index contributed by atoms with van der Waals surface area (Å²) in [5, 5.41) is 3.52. The Morgan fingerprint density at radius 2 is 2.05 bits per heavy atom. The van der Waals surface area contributed by atoms with E-state index in [2.05, 4.69) is 51.3 Å². The summed E-state index contributed by atoms with van der Waals surface area (Å²) in [6.45, 7) is 6.30. The second-order valence-corrected chi connectivity index (χ2v) is 6.73. The second-order valence-electron chi connectivity index (χ2n) is 5.81. The molecule has 0 aromatic heterocycles. The first-order chi connectivity index (χ1) is 9.76. The lowest BCUT2D eigenvalue weighted by atomic mass is 10.1. The molecular formula is C16H23BrN2O. The van der Waals surface area contributed by atoms with Gasteiger partial charge in [-0.25, -0.2) is 0 Å². The zero-order valence-corrected chi connectivity index (χ0v) is 13.7. The summed E-state index contributed by atoms with van der Waals surface area (Å²) < 4.78 is 7.11. The van der Waals surface area contributed by atoms with Crippen LogP contribution < -0.4 is 10.2 Å². The average Bonchev–Trinajstić information content (AvgIpc) is 2.79. The molecule has 2 atom stereocenters. The maximum absolute atomic E-state index is 5.95. The quantitative estimate of drug-likeness (QED) is 0.833. The van der Waals surface area contributed by atoms with Crippen molar-refractivity contribution in [3.8, 4) is 0 Å². The Labute approximate surface area is 129 Å². The first-order valence-corrected chi connectivity index (χ1v) is 8.45. The Morgan fingerprint density at radius 3 is 2.75 bits per heavy atom. The van der Waals surface area contributed by atoms with Gasteiger partial charge in [0.2, 0.25) is 0 Å². The molecule has 2 unspecified atom stereocenters. The van der Waals surface area contributed by atoms with Crippen LogP contribution in [-0.4, -0.2) is 31.8 Å². The lowest BCUT2D eigenvalue weighted by Gasteiger charge is -2.35. The van der Waals surface area contributed by atoms with Crippen molar-refractivity contribution in [2.24, 2.45) is 0 Å². The number of nitrogens with zero attached hydrogens (tertiary/aromatic N) is 1. The largest absolute Gasteiger partial charge is 0.371 e. The van der Waals surface area contributed by atoms with Crippen molar-refractivity contribution in [1.29, 1.82) is 0 Å². The molecule has 0 spiro atoms. The number of hydrogen-bond acceptors (Lipinski definition) is 3. The molecule has 0 radical (unpaired) electrons. The van der Waals surface area contributed by atoms with E-state index in [-0.39, 0.29) is 0 Å². The lowest BCUT2D eigenvalue weighted by Crippen LogP contribution is -2.43. The molecule has 1 aromatic rings. The highest BCUT2D eigenvalue weighted by molar-refractivity contribution is 9.10. The van der Waals surface area contributed by atoms with Crippen LogP contribution in [0.2, 0.25) is 0 Å². The van der Waals surface area contributed by atoms with Crippen LogP contribution in [0, 0.1) is 0 Å². The molecule has 2 fully saturated rings. The van der Waals surface area contributed by atoms with Crippen LogP contribution in [0.25, 0.3) is 0 Å². The number of ether oxygens (including phenoxy) is 1. The third-order valence-electron chi connectivity index (χ3n) is 4.17. The van der Waals surface area contributed by atoms with Crippen molar-refractivity contribution < 1.29 is 4.74 Å². The molecule has 20 heavy (non-hydrogen) atoms. The van der Waals surface area contributed by atoms with Crippen molar-refractivity contribution in [1.82, 2.24) is 5.32 Å². The van der Waals surface area contributed by atoms with Gasteiger partial charge in [-0.15, -0.1) is 0 Å². The summed E-state index contributed by atoms with van der Waals surface area (Å²) in [6.07, 6.45) is 4.48. The number of hydrogen-bond donors (Lipinski definition) is 1. The van der Waals surface area contributed by atoms with E-state index >= 15 is 0 Å². The van der Waals surface area contributed by atoms with Crippen LogP contribution in [0.1, 0.15) is 31.7 Å². The van der Waals surface area contributed by atoms with Crippen LogP contribution in [0.3, 0.4) is 0 Å². The number of rotatable bonds is 5. The minimum absolute atomic E-state index is 0.434. The van der Waals surface area contributed by atoms with Gasteiger partial charge in [0.05, 0.1) is 12.2 Å². The van der Waals surface area contributed by atoms with E-state index in [1.165, 1.54) is 30.5 Å². The van der Waals surface area contributed by atoms with E-state index in [0.29, 0.717) is 12.2 Å². The molecule has 1 N–H and O–H groups in total. The van der Waals surface area contributed by atoms with Gasteiger partial charge in [0.15, 0.2) is 0 Å². The van der Waals surface area contributed by atoms with Crippen molar-refractivity contribution in [2.75, 3.05) is 24.5 Å². The van der Waals surface area contributed by atoms with Crippen LogP contribution in [0.4, 0.5) is 5.69 Å². The van der Waals surface area contributed by atoms with E-state index in [4.69, 9.17) is 4.74 Å². The molecule has 0 amide bonds. The van der Waals surface area contributed by atoms with Gasteiger partial charge in [0, 0.05) is 29.8 Å². The molecule has 0 saturated carbocycles. The Morgan fingerprint density at radius 1 is 1.30 bits per heavy atom. The predicted octanol–water partition coefficient (Wildman–Crippen LogP) is 3.32. The van der Waals surface area contributed by atoms with Gasteiger partial charge < -0.3 is 15.0 Å². The van der Waals surface area contributed by atoms with Gasteiger partial charge in [-0.1, -0.05) is 28.9 Å². The van der Waals surface area contributed by atoms with Gasteiger partial charge in [-0.05, 0) is 43.5 Å². The fourth-order valence-corrected chi connectivity index (χ4v) is 3.54. The number of halogens is 1. The number of fused-ring (bicyclic) bond motifs is 2.